The van der Waals surface area contributed by atoms with E-state index in [4.69, 9.17) is 0 Å². The number of nitrogens with zero attached hydrogens (tertiary/aromatic N) is 1. The highest BCUT2D eigenvalue weighted by atomic mass is 16.2. The average molecular weight is 380 g/mol. The number of imide groups is 1. The maximum Gasteiger partial charge on any atom is 0.325 e. The number of urea groups is 1. The summed E-state index contributed by atoms with van der Waals surface area (Å²) in [4.78, 5) is 27.4. The Bertz CT molecular complexity index is 530. The minimum Gasteiger partial charge on any atom is -0.323 e. The number of hydrogen-bond acceptors (Lipinski definition) is 3. The molecule has 0 saturated carbocycles. The zero-order valence-electron chi connectivity index (χ0n) is 18.2. The molecule has 2 saturated heterocycles. The van der Waals surface area contributed by atoms with Gasteiger partial charge in [-0.25, -0.2) is 4.79 Å². The van der Waals surface area contributed by atoms with Crippen LogP contribution in [0.2, 0.25) is 0 Å². The highest BCUT2D eigenvalue weighted by Crippen LogP contribution is 2.35. The number of carbonyl (C=O) groups excluding carboxylic acids is 2. The number of nitrogens with one attached hydrogen (secondary N) is 2. The van der Waals surface area contributed by atoms with Crippen LogP contribution in [-0.4, -0.2) is 40.0 Å². The van der Waals surface area contributed by atoms with E-state index >= 15 is 0 Å². The Morgan fingerprint density at radius 2 is 1.52 bits per heavy atom. The van der Waals surface area contributed by atoms with Crippen LogP contribution in [0.5, 0.6) is 0 Å². The second-order valence-corrected chi connectivity index (χ2v) is 10.0. The first-order valence-electron chi connectivity index (χ1n) is 11.0. The molecule has 2 aliphatic heterocycles. The molecule has 0 aliphatic carbocycles. The molecule has 5 heteroatoms. The molecule has 27 heavy (non-hydrogen) atoms. The molecular formula is C22H41N3O2. The van der Waals surface area contributed by atoms with Gasteiger partial charge in [0.25, 0.3) is 5.91 Å². The van der Waals surface area contributed by atoms with Crippen molar-refractivity contribution in [3.63, 3.8) is 0 Å². The second-order valence-electron chi connectivity index (χ2n) is 10.0. The van der Waals surface area contributed by atoms with E-state index in [2.05, 4.69) is 45.3 Å². The van der Waals surface area contributed by atoms with Crippen molar-refractivity contribution in [2.45, 2.75) is 122 Å². The minimum absolute atomic E-state index is 0.00404. The van der Waals surface area contributed by atoms with Gasteiger partial charge in [0.15, 0.2) is 0 Å². The van der Waals surface area contributed by atoms with Crippen LogP contribution in [0.1, 0.15) is 105 Å². The molecule has 1 atom stereocenters. The van der Waals surface area contributed by atoms with Gasteiger partial charge in [-0.3, -0.25) is 9.69 Å². The molecule has 2 rings (SSSR count). The van der Waals surface area contributed by atoms with Gasteiger partial charge >= 0.3 is 6.03 Å². The molecule has 5 nitrogen and oxygen atoms in total. The summed E-state index contributed by atoms with van der Waals surface area (Å²) in [6.45, 7) is 11.5. The third kappa shape index (κ3) is 5.94. The average Bonchev–Trinajstić information content (AvgIpc) is 2.78. The van der Waals surface area contributed by atoms with Crippen LogP contribution in [0.25, 0.3) is 0 Å². The largest absolute Gasteiger partial charge is 0.325 e. The van der Waals surface area contributed by atoms with E-state index in [0.29, 0.717) is 13.0 Å². The van der Waals surface area contributed by atoms with Crippen LogP contribution in [0.4, 0.5) is 4.79 Å². The van der Waals surface area contributed by atoms with Crippen LogP contribution in [0.3, 0.4) is 0 Å². The van der Waals surface area contributed by atoms with Gasteiger partial charge in [0.1, 0.15) is 5.54 Å². The zero-order chi connectivity index (χ0) is 20.1. The number of amides is 3. The van der Waals surface area contributed by atoms with Crippen molar-refractivity contribution in [1.82, 2.24) is 15.5 Å². The Labute approximate surface area is 166 Å². The normalized spacial score (nSPS) is 28.0. The molecule has 2 aliphatic rings. The fraction of sp³-hybridized carbons (Fsp3) is 0.909. The summed E-state index contributed by atoms with van der Waals surface area (Å²) < 4.78 is 0. The Balaban J connectivity index is 2.03. The summed E-state index contributed by atoms with van der Waals surface area (Å²) in [6.07, 6.45) is 11.4. The zero-order valence-corrected chi connectivity index (χ0v) is 18.2. The van der Waals surface area contributed by atoms with E-state index in [1.165, 1.54) is 30.6 Å². The summed E-state index contributed by atoms with van der Waals surface area (Å²) in [5.74, 6) is -0.00404. The summed E-state index contributed by atoms with van der Waals surface area (Å²) in [5, 5.41) is 6.83. The highest BCUT2D eigenvalue weighted by molar-refractivity contribution is 6.07. The van der Waals surface area contributed by atoms with E-state index in [-0.39, 0.29) is 23.0 Å². The van der Waals surface area contributed by atoms with Crippen LogP contribution in [0.15, 0.2) is 0 Å². The lowest BCUT2D eigenvalue weighted by atomic mass is 9.80. The number of rotatable bonds is 7. The first kappa shape index (κ1) is 22.2. The fourth-order valence-corrected chi connectivity index (χ4v) is 5.08. The molecule has 0 bridgehead atoms. The molecule has 0 aromatic carbocycles. The number of carbonyl (C=O) groups is 2. The Morgan fingerprint density at radius 3 is 2.22 bits per heavy atom. The maximum atomic E-state index is 13.3. The first-order valence-corrected chi connectivity index (χ1v) is 11.0. The van der Waals surface area contributed by atoms with Gasteiger partial charge in [-0.1, -0.05) is 51.9 Å². The summed E-state index contributed by atoms with van der Waals surface area (Å²) in [7, 11) is 0. The van der Waals surface area contributed by atoms with Crippen LogP contribution < -0.4 is 10.6 Å². The standard InChI is InChI=1S/C22H41N3O2/c1-6-7-8-9-10-13-16-25-18(26)22(23-19(25)27)15-12-11-14-20(2,3)24-21(4,5)17-22/h24H,6-17H2,1-5H3,(H,23,27). The molecule has 0 radical (unpaired) electrons. The van der Waals surface area contributed by atoms with Crippen molar-refractivity contribution in [3.8, 4) is 0 Å². The van der Waals surface area contributed by atoms with Gasteiger partial charge in [0, 0.05) is 17.6 Å². The Morgan fingerprint density at radius 1 is 0.889 bits per heavy atom. The number of hydrogen-bond donors (Lipinski definition) is 2. The molecule has 0 aromatic heterocycles. The Kier molecular flexibility index (Phi) is 7.34. The van der Waals surface area contributed by atoms with Gasteiger partial charge in [-0.15, -0.1) is 0 Å². The van der Waals surface area contributed by atoms with E-state index in [1.54, 1.807) is 0 Å². The van der Waals surface area contributed by atoms with Crippen molar-refractivity contribution >= 4 is 11.9 Å². The lowest BCUT2D eigenvalue weighted by Crippen LogP contribution is -2.58. The van der Waals surface area contributed by atoms with Crippen LogP contribution >= 0.6 is 0 Å². The number of unbranched alkanes of at least 4 members (excludes halogenated alkanes) is 5. The fourth-order valence-electron chi connectivity index (χ4n) is 5.08. The molecular weight excluding hydrogens is 338 g/mol. The molecule has 0 aromatic rings. The molecule has 1 spiro atoms. The van der Waals surface area contributed by atoms with Crippen molar-refractivity contribution in [2.75, 3.05) is 6.54 Å². The van der Waals surface area contributed by atoms with Crippen LogP contribution in [-0.2, 0) is 4.79 Å². The predicted molar refractivity (Wildman–Crippen MR) is 111 cm³/mol. The Hall–Kier alpha value is -1.10. The first-order chi connectivity index (χ1) is 12.6. The minimum atomic E-state index is -0.740. The van der Waals surface area contributed by atoms with Gasteiger partial charge < -0.3 is 10.6 Å². The monoisotopic (exact) mass is 379 g/mol. The molecule has 3 amide bonds. The molecule has 156 valence electrons. The maximum absolute atomic E-state index is 13.3. The predicted octanol–water partition coefficient (Wildman–Crippen LogP) is 4.75. The van der Waals surface area contributed by atoms with Crippen molar-refractivity contribution in [1.29, 1.82) is 0 Å². The molecule has 2 fully saturated rings. The van der Waals surface area contributed by atoms with Gasteiger partial charge in [0.05, 0.1) is 0 Å². The summed E-state index contributed by atoms with van der Waals surface area (Å²) in [6, 6.07) is -0.192. The molecule has 1 unspecified atom stereocenters. The lowest BCUT2D eigenvalue weighted by Gasteiger charge is -2.40. The van der Waals surface area contributed by atoms with Crippen molar-refractivity contribution in [2.24, 2.45) is 0 Å². The summed E-state index contributed by atoms with van der Waals surface area (Å²) in [5.41, 5.74) is -0.915. The van der Waals surface area contributed by atoms with Crippen LogP contribution in [0, 0.1) is 0 Å². The second kappa shape index (κ2) is 8.93. The molecule has 2 heterocycles. The van der Waals surface area contributed by atoms with E-state index in [0.717, 1.165) is 38.5 Å². The lowest BCUT2D eigenvalue weighted by molar-refractivity contribution is -0.132. The quantitative estimate of drug-likeness (QED) is 0.496. The van der Waals surface area contributed by atoms with E-state index < -0.39 is 5.54 Å². The van der Waals surface area contributed by atoms with Gasteiger partial charge in [0.2, 0.25) is 0 Å². The third-order valence-corrected chi connectivity index (χ3v) is 6.06. The topological polar surface area (TPSA) is 61.4 Å². The van der Waals surface area contributed by atoms with Gasteiger partial charge in [-0.05, 0) is 53.4 Å². The van der Waals surface area contributed by atoms with Crippen molar-refractivity contribution < 1.29 is 9.59 Å². The molecule has 2 N–H and O–H groups in total. The van der Waals surface area contributed by atoms with E-state index in [9.17, 15) is 9.59 Å². The highest BCUT2D eigenvalue weighted by Gasteiger charge is 2.53. The third-order valence-electron chi connectivity index (χ3n) is 6.06. The SMILES string of the molecule is CCCCCCCCN1C(=O)NC2(CCCCC(C)(C)NC(C)(C)C2)C1=O. The summed E-state index contributed by atoms with van der Waals surface area (Å²) >= 11 is 0. The van der Waals surface area contributed by atoms with Gasteiger partial charge in [-0.2, -0.15) is 0 Å². The van der Waals surface area contributed by atoms with E-state index in [1.807, 2.05) is 0 Å². The smallest absolute Gasteiger partial charge is 0.323 e. The van der Waals surface area contributed by atoms with Crippen molar-refractivity contribution in [3.05, 3.63) is 0 Å².